The normalized spacial score (nSPS) is 12.5. The second kappa shape index (κ2) is 6.64. The lowest BCUT2D eigenvalue weighted by Gasteiger charge is -2.11. The lowest BCUT2D eigenvalue weighted by molar-refractivity contribution is 0.102. The van der Waals surface area contributed by atoms with E-state index in [1.807, 2.05) is 59.4 Å². The number of para-hydroxylation sites is 1. The quantitative estimate of drug-likeness (QED) is 0.727. The van der Waals surface area contributed by atoms with Crippen LogP contribution in [0, 0.1) is 0 Å². The molecular weight excluding hydrogens is 334 g/mol. The van der Waals surface area contributed by atoms with Crippen molar-refractivity contribution < 1.29 is 9.53 Å². The molecule has 25 heavy (non-hydrogen) atoms. The SMILES string of the molecule is CSc1ncc(C(=O)Nc2ccc3c(c2)CCO3)n1-c1ccccc1. The van der Waals surface area contributed by atoms with Crippen molar-refractivity contribution in [1.29, 1.82) is 0 Å². The summed E-state index contributed by atoms with van der Waals surface area (Å²) in [7, 11) is 0. The molecule has 2 aromatic carbocycles. The highest BCUT2D eigenvalue weighted by Crippen LogP contribution is 2.28. The van der Waals surface area contributed by atoms with Crippen LogP contribution in [0.25, 0.3) is 5.69 Å². The standard InChI is InChI=1S/C19H17N3O2S/c1-25-19-20-12-16(22(19)15-5-3-2-4-6-15)18(23)21-14-7-8-17-13(11-14)9-10-24-17/h2-8,11-12H,9-10H2,1H3,(H,21,23). The predicted molar refractivity (Wildman–Crippen MR) is 98.9 cm³/mol. The highest BCUT2D eigenvalue weighted by Gasteiger charge is 2.19. The highest BCUT2D eigenvalue weighted by atomic mass is 32.2. The number of hydrogen-bond acceptors (Lipinski definition) is 4. The maximum Gasteiger partial charge on any atom is 0.274 e. The van der Waals surface area contributed by atoms with Gasteiger partial charge in [0.1, 0.15) is 11.4 Å². The van der Waals surface area contributed by atoms with Gasteiger partial charge in [0.15, 0.2) is 5.16 Å². The van der Waals surface area contributed by atoms with Gasteiger partial charge in [0.05, 0.1) is 12.8 Å². The molecule has 1 N–H and O–H groups in total. The number of fused-ring (bicyclic) bond motifs is 1. The van der Waals surface area contributed by atoms with E-state index in [1.165, 1.54) is 11.8 Å². The monoisotopic (exact) mass is 351 g/mol. The lowest BCUT2D eigenvalue weighted by Crippen LogP contribution is -2.16. The number of imidazole rings is 1. The van der Waals surface area contributed by atoms with E-state index in [0.717, 1.165) is 34.3 Å². The predicted octanol–water partition coefficient (Wildman–Crippen LogP) is 3.78. The Balaban J connectivity index is 1.66. The van der Waals surface area contributed by atoms with Crippen LogP contribution in [-0.2, 0) is 6.42 Å². The van der Waals surface area contributed by atoms with Crippen LogP contribution in [0.15, 0.2) is 59.9 Å². The van der Waals surface area contributed by atoms with Crippen LogP contribution in [-0.4, -0.2) is 28.3 Å². The molecule has 3 aromatic rings. The second-order valence-electron chi connectivity index (χ2n) is 5.68. The zero-order valence-electron chi connectivity index (χ0n) is 13.7. The number of hydrogen-bond donors (Lipinski definition) is 1. The Bertz CT molecular complexity index is 922. The summed E-state index contributed by atoms with van der Waals surface area (Å²) in [4.78, 5) is 17.2. The number of carbonyl (C=O) groups is 1. The van der Waals surface area contributed by atoms with Gasteiger partial charge in [-0.2, -0.15) is 0 Å². The van der Waals surface area contributed by atoms with E-state index in [9.17, 15) is 4.79 Å². The van der Waals surface area contributed by atoms with Gasteiger partial charge < -0.3 is 10.1 Å². The summed E-state index contributed by atoms with van der Waals surface area (Å²) in [5.41, 5.74) is 3.31. The molecule has 0 atom stereocenters. The molecular formula is C19H17N3O2S. The van der Waals surface area contributed by atoms with Crippen molar-refractivity contribution in [1.82, 2.24) is 9.55 Å². The number of aromatic nitrogens is 2. The van der Waals surface area contributed by atoms with Crippen molar-refractivity contribution in [2.75, 3.05) is 18.2 Å². The molecule has 0 aliphatic carbocycles. The van der Waals surface area contributed by atoms with Gasteiger partial charge in [0.25, 0.3) is 5.91 Å². The van der Waals surface area contributed by atoms with Crippen molar-refractivity contribution >= 4 is 23.4 Å². The second-order valence-corrected chi connectivity index (χ2v) is 6.45. The third-order valence-electron chi connectivity index (χ3n) is 4.11. The first-order chi connectivity index (χ1) is 12.3. The Morgan fingerprint density at radius 2 is 2.08 bits per heavy atom. The van der Waals surface area contributed by atoms with Crippen LogP contribution in [0.2, 0.25) is 0 Å². The molecule has 1 aliphatic rings. The van der Waals surface area contributed by atoms with Gasteiger partial charge in [-0.25, -0.2) is 4.98 Å². The average Bonchev–Trinajstić information content (AvgIpc) is 3.28. The number of ether oxygens (including phenoxy) is 1. The summed E-state index contributed by atoms with van der Waals surface area (Å²) in [6, 6.07) is 15.5. The summed E-state index contributed by atoms with van der Waals surface area (Å²) in [5, 5.41) is 3.75. The van der Waals surface area contributed by atoms with Crippen LogP contribution in [0.3, 0.4) is 0 Å². The van der Waals surface area contributed by atoms with Crippen molar-refractivity contribution in [2.45, 2.75) is 11.6 Å². The first-order valence-electron chi connectivity index (χ1n) is 8.00. The fourth-order valence-corrected chi connectivity index (χ4v) is 3.47. The number of nitrogens with zero attached hydrogens (tertiary/aromatic N) is 2. The molecule has 0 radical (unpaired) electrons. The van der Waals surface area contributed by atoms with E-state index in [1.54, 1.807) is 6.20 Å². The maximum atomic E-state index is 12.8. The van der Waals surface area contributed by atoms with Gasteiger partial charge in [-0.1, -0.05) is 30.0 Å². The summed E-state index contributed by atoms with van der Waals surface area (Å²) >= 11 is 1.51. The molecule has 6 heteroatoms. The van der Waals surface area contributed by atoms with E-state index in [-0.39, 0.29) is 5.91 Å². The smallest absolute Gasteiger partial charge is 0.274 e. The minimum atomic E-state index is -0.185. The van der Waals surface area contributed by atoms with Crippen molar-refractivity contribution in [3.05, 3.63) is 66.0 Å². The number of carbonyl (C=O) groups excluding carboxylic acids is 1. The van der Waals surface area contributed by atoms with Gasteiger partial charge in [-0.3, -0.25) is 9.36 Å². The molecule has 126 valence electrons. The van der Waals surface area contributed by atoms with Crippen molar-refractivity contribution in [3.8, 4) is 11.4 Å². The third-order valence-corrected chi connectivity index (χ3v) is 4.76. The fourth-order valence-electron chi connectivity index (χ4n) is 2.93. The molecule has 1 aromatic heterocycles. The van der Waals surface area contributed by atoms with Crippen LogP contribution in [0.4, 0.5) is 5.69 Å². The zero-order valence-corrected chi connectivity index (χ0v) is 14.5. The van der Waals surface area contributed by atoms with Crippen LogP contribution in [0.1, 0.15) is 16.1 Å². The molecule has 0 bridgehead atoms. The minimum absolute atomic E-state index is 0.185. The molecule has 4 rings (SSSR count). The Morgan fingerprint density at radius 3 is 2.88 bits per heavy atom. The zero-order chi connectivity index (χ0) is 17.2. The van der Waals surface area contributed by atoms with Gasteiger partial charge in [0.2, 0.25) is 0 Å². The molecule has 5 nitrogen and oxygen atoms in total. The number of amides is 1. The van der Waals surface area contributed by atoms with Gasteiger partial charge in [0, 0.05) is 17.8 Å². The van der Waals surface area contributed by atoms with Crippen LogP contribution >= 0.6 is 11.8 Å². The van der Waals surface area contributed by atoms with Crippen molar-refractivity contribution in [2.24, 2.45) is 0 Å². The summed E-state index contributed by atoms with van der Waals surface area (Å²) in [6.45, 7) is 0.699. The Hall–Kier alpha value is -2.73. The first-order valence-corrected chi connectivity index (χ1v) is 9.23. The highest BCUT2D eigenvalue weighted by molar-refractivity contribution is 7.98. The number of rotatable bonds is 4. The fraction of sp³-hybridized carbons (Fsp3) is 0.158. The van der Waals surface area contributed by atoms with Gasteiger partial charge in [-0.15, -0.1) is 0 Å². The summed E-state index contributed by atoms with van der Waals surface area (Å²) < 4.78 is 7.38. The van der Waals surface area contributed by atoms with Crippen LogP contribution in [0.5, 0.6) is 5.75 Å². The molecule has 1 amide bonds. The maximum absolute atomic E-state index is 12.8. The van der Waals surface area contributed by atoms with Gasteiger partial charge >= 0.3 is 0 Å². The Kier molecular flexibility index (Phi) is 4.19. The Labute approximate surface area is 150 Å². The molecule has 0 unspecified atom stereocenters. The molecule has 2 heterocycles. The van der Waals surface area contributed by atoms with Gasteiger partial charge in [-0.05, 0) is 42.2 Å². The van der Waals surface area contributed by atoms with E-state index in [0.29, 0.717) is 12.3 Å². The molecule has 0 saturated carbocycles. The molecule has 0 fully saturated rings. The summed E-state index contributed by atoms with van der Waals surface area (Å²) in [6.07, 6.45) is 4.44. The van der Waals surface area contributed by atoms with E-state index >= 15 is 0 Å². The summed E-state index contributed by atoms with van der Waals surface area (Å²) in [5.74, 6) is 0.715. The molecule has 1 aliphatic heterocycles. The lowest BCUT2D eigenvalue weighted by atomic mass is 10.1. The number of thioether (sulfide) groups is 1. The Morgan fingerprint density at radius 1 is 1.24 bits per heavy atom. The first kappa shape index (κ1) is 15.8. The minimum Gasteiger partial charge on any atom is -0.493 e. The van der Waals surface area contributed by atoms with E-state index < -0.39 is 0 Å². The number of nitrogens with one attached hydrogen (secondary N) is 1. The topological polar surface area (TPSA) is 56.1 Å². The van der Waals surface area contributed by atoms with E-state index in [4.69, 9.17) is 4.74 Å². The third kappa shape index (κ3) is 3.00. The molecule has 0 spiro atoms. The van der Waals surface area contributed by atoms with Crippen molar-refractivity contribution in [3.63, 3.8) is 0 Å². The number of anilines is 1. The molecule has 0 saturated heterocycles. The average molecular weight is 351 g/mol. The van der Waals surface area contributed by atoms with E-state index in [2.05, 4.69) is 10.3 Å². The number of benzene rings is 2. The van der Waals surface area contributed by atoms with Crippen LogP contribution < -0.4 is 10.1 Å². The largest absolute Gasteiger partial charge is 0.493 e.